The van der Waals surface area contributed by atoms with Gasteiger partial charge in [0.1, 0.15) is 6.04 Å². The van der Waals surface area contributed by atoms with Gasteiger partial charge in [-0.05, 0) is 38.3 Å². The Hall–Kier alpha value is -1.10. The van der Waals surface area contributed by atoms with Gasteiger partial charge in [-0.1, -0.05) is 13.8 Å². The third kappa shape index (κ3) is 3.26. The van der Waals surface area contributed by atoms with Gasteiger partial charge in [0.15, 0.2) is 0 Å². The third-order valence-corrected chi connectivity index (χ3v) is 4.29. The Morgan fingerprint density at radius 1 is 1.58 bits per heavy atom. The molecule has 0 aliphatic carbocycles. The van der Waals surface area contributed by atoms with Gasteiger partial charge in [0.2, 0.25) is 11.8 Å². The van der Waals surface area contributed by atoms with E-state index >= 15 is 0 Å². The zero-order valence-corrected chi connectivity index (χ0v) is 11.9. The average Bonchev–Trinajstić information content (AvgIpc) is 2.80. The van der Waals surface area contributed by atoms with Gasteiger partial charge in [0, 0.05) is 19.0 Å². The Balaban J connectivity index is 1.94. The van der Waals surface area contributed by atoms with Crippen LogP contribution in [0.4, 0.5) is 0 Å². The number of likely N-dealkylation sites (tertiary alicyclic amines) is 1. The summed E-state index contributed by atoms with van der Waals surface area (Å²) in [6.45, 7) is 6.76. The van der Waals surface area contributed by atoms with Gasteiger partial charge >= 0.3 is 0 Å². The first-order chi connectivity index (χ1) is 9.13. The summed E-state index contributed by atoms with van der Waals surface area (Å²) in [5, 5.41) is 6.47. The first-order valence-electron chi connectivity index (χ1n) is 7.44. The van der Waals surface area contributed by atoms with E-state index in [0.717, 1.165) is 32.5 Å². The van der Waals surface area contributed by atoms with Crippen LogP contribution in [0.1, 0.15) is 39.5 Å². The molecule has 3 unspecified atom stereocenters. The van der Waals surface area contributed by atoms with E-state index in [-0.39, 0.29) is 23.9 Å². The van der Waals surface area contributed by atoms with Crippen molar-refractivity contribution in [3.8, 4) is 0 Å². The van der Waals surface area contributed by atoms with Gasteiger partial charge in [-0.15, -0.1) is 0 Å². The lowest BCUT2D eigenvalue weighted by Gasteiger charge is -2.33. The van der Waals surface area contributed by atoms with Gasteiger partial charge in [-0.3, -0.25) is 9.59 Å². The number of carbonyl (C=O) groups excluding carboxylic acids is 2. The van der Waals surface area contributed by atoms with Crippen LogP contribution < -0.4 is 10.6 Å². The van der Waals surface area contributed by atoms with Crippen molar-refractivity contribution in [1.29, 1.82) is 0 Å². The normalized spacial score (nSPS) is 29.4. The number of hydrogen-bond acceptors (Lipinski definition) is 3. The standard InChI is InChI=1S/C14H25N3O2/c1-3-12(17-8-4-5-13(17)18)14(19)16-11-6-7-15-9-10(11)2/h10-12,15H,3-9H2,1-2H3,(H,16,19). The van der Waals surface area contributed by atoms with Crippen LogP contribution in [0.3, 0.4) is 0 Å². The van der Waals surface area contributed by atoms with E-state index in [0.29, 0.717) is 18.8 Å². The van der Waals surface area contributed by atoms with Crippen molar-refractivity contribution < 1.29 is 9.59 Å². The highest BCUT2D eigenvalue weighted by atomic mass is 16.2. The number of piperidine rings is 1. The molecule has 5 nitrogen and oxygen atoms in total. The van der Waals surface area contributed by atoms with Crippen molar-refractivity contribution in [1.82, 2.24) is 15.5 Å². The Morgan fingerprint density at radius 2 is 2.37 bits per heavy atom. The molecule has 2 N–H and O–H groups in total. The van der Waals surface area contributed by atoms with Gasteiger partial charge in [0.25, 0.3) is 0 Å². The number of nitrogens with zero attached hydrogens (tertiary/aromatic N) is 1. The molecule has 0 radical (unpaired) electrons. The van der Waals surface area contributed by atoms with E-state index in [1.807, 2.05) is 6.92 Å². The Morgan fingerprint density at radius 3 is 2.95 bits per heavy atom. The molecule has 2 aliphatic rings. The Kier molecular flexibility index (Phi) is 4.80. The van der Waals surface area contributed by atoms with Crippen molar-refractivity contribution in [2.75, 3.05) is 19.6 Å². The molecule has 2 saturated heterocycles. The highest BCUT2D eigenvalue weighted by Crippen LogP contribution is 2.17. The fourth-order valence-corrected chi connectivity index (χ4v) is 3.05. The largest absolute Gasteiger partial charge is 0.351 e. The van der Waals surface area contributed by atoms with Crippen LogP contribution in [0.15, 0.2) is 0 Å². The summed E-state index contributed by atoms with van der Waals surface area (Å²) in [6.07, 6.45) is 3.13. The quantitative estimate of drug-likeness (QED) is 0.780. The summed E-state index contributed by atoms with van der Waals surface area (Å²) < 4.78 is 0. The highest BCUT2D eigenvalue weighted by Gasteiger charge is 2.33. The molecule has 19 heavy (non-hydrogen) atoms. The predicted molar refractivity (Wildman–Crippen MR) is 73.6 cm³/mol. The molecule has 2 rings (SSSR count). The summed E-state index contributed by atoms with van der Waals surface area (Å²) in [7, 11) is 0. The molecule has 5 heteroatoms. The first kappa shape index (κ1) is 14.3. The lowest BCUT2D eigenvalue weighted by molar-refractivity contribution is -0.138. The van der Waals surface area contributed by atoms with Crippen LogP contribution in [0.5, 0.6) is 0 Å². The summed E-state index contributed by atoms with van der Waals surface area (Å²) in [6, 6.07) is -0.0439. The van der Waals surface area contributed by atoms with Crippen molar-refractivity contribution in [3.63, 3.8) is 0 Å². The zero-order chi connectivity index (χ0) is 13.8. The van der Waals surface area contributed by atoms with Crippen molar-refractivity contribution >= 4 is 11.8 Å². The van der Waals surface area contributed by atoms with Crippen molar-refractivity contribution in [2.24, 2.45) is 5.92 Å². The monoisotopic (exact) mass is 267 g/mol. The van der Waals surface area contributed by atoms with Crippen LogP contribution in [-0.4, -0.2) is 48.4 Å². The second-order valence-corrected chi connectivity index (χ2v) is 5.70. The molecule has 2 aliphatic heterocycles. The minimum absolute atomic E-state index is 0.0245. The van der Waals surface area contributed by atoms with Crippen LogP contribution in [0.25, 0.3) is 0 Å². The molecule has 0 bridgehead atoms. The molecule has 0 aromatic rings. The molecule has 3 atom stereocenters. The molecule has 2 amide bonds. The highest BCUT2D eigenvalue weighted by molar-refractivity contribution is 5.88. The topological polar surface area (TPSA) is 61.4 Å². The molecule has 0 aromatic carbocycles. The second kappa shape index (κ2) is 6.37. The number of hydrogen-bond donors (Lipinski definition) is 2. The molecule has 0 spiro atoms. The van der Waals surface area contributed by atoms with Crippen LogP contribution >= 0.6 is 0 Å². The minimum Gasteiger partial charge on any atom is -0.351 e. The number of nitrogens with one attached hydrogen (secondary N) is 2. The van der Waals surface area contributed by atoms with Crippen molar-refractivity contribution in [3.05, 3.63) is 0 Å². The first-order valence-corrected chi connectivity index (χ1v) is 7.44. The number of carbonyl (C=O) groups is 2. The Labute approximate surface area is 115 Å². The molecular weight excluding hydrogens is 242 g/mol. The van der Waals surface area contributed by atoms with Gasteiger partial charge in [-0.25, -0.2) is 0 Å². The fraction of sp³-hybridized carbons (Fsp3) is 0.857. The van der Waals surface area contributed by atoms with E-state index in [9.17, 15) is 9.59 Å². The molecule has 0 aromatic heterocycles. The van der Waals surface area contributed by atoms with Crippen LogP contribution in [-0.2, 0) is 9.59 Å². The summed E-state index contributed by atoms with van der Waals surface area (Å²) >= 11 is 0. The van der Waals surface area contributed by atoms with E-state index < -0.39 is 0 Å². The number of rotatable bonds is 4. The molecule has 2 fully saturated rings. The smallest absolute Gasteiger partial charge is 0.243 e. The van der Waals surface area contributed by atoms with Crippen LogP contribution in [0.2, 0.25) is 0 Å². The van der Waals surface area contributed by atoms with Crippen molar-refractivity contribution in [2.45, 2.75) is 51.6 Å². The maximum atomic E-state index is 12.4. The molecule has 108 valence electrons. The predicted octanol–water partition coefficient (Wildman–Crippen LogP) is 0.502. The average molecular weight is 267 g/mol. The molecule has 2 heterocycles. The lowest BCUT2D eigenvalue weighted by atomic mass is 9.95. The summed E-state index contributed by atoms with van der Waals surface area (Å²) in [4.78, 5) is 25.9. The Bertz CT molecular complexity index is 346. The van der Waals surface area contributed by atoms with Crippen LogP contribution in [0, 0.1) is 5.92 Å². The SMILES string of the molecule is CCC(C(=O)NC1CCNCC1C)N1CCCC1=O. The van der Waals surface area contributed by atoms with E-state index in [4.69, 9.17) is 0 Å². The van der Waals surface area contributed by atoms with E-state index in [1.165, 1.54) is 0 Å². The maximum Gasteiger partial charge on any atom is 0.243 e. The number of amides is 2. The van der Waals surface area contributed by atoms with Gasteiger partial charge in [-0.2, -0.15) is 0 Å². The minimum atomic E-state index is -0.280. The van der Waals surface area contributed by atoms with E-state index in [1.54, 1.807) is 4.90 Å². The lowest BCUT2D eigenvalue weighted by Crippen LogP contribution is -2.54. The third-order valence-electron chi connectivity index (χ3n) is 4.29. The summed E-state index contributed by atoms with van der Waals surface area (Å²) in [5.41, 5.74) is 0. The zero-order valence-electron chi connectivity index (χ0n) is 11.9. The van der Waals surface area contributed by atoms with E-state index in [2.05, 4.69) is 17.6 Å². The fourth-order valence-electron chi connectivity index (χ4n) is 3.05. The second-order valence-electron chi connectivity index (χ2n) is 5.70. The van der Waals surface area contributed by atoms with Gasteiger partial charge in [0.05, 0.1) is 0 Å². The molecule has 0 saturated carbocycles. The summed E-state index contributed by atoms with van der Waals surface area (Å²) in [5.74, 6) is 0.598. The van der Waals surface area contributed by atoms with Gasteiger partial charge < -0.3 is 15.5 Å². The molecular formula is C14H25N3O2. The maximum absolute atomic E-state index is 12.4.